The van der Waals surface area contributed by atoms with E-state index in [1.807, 2.05) is 0 Å². The number of carbonyl (C=O) groups is 1. The lowest BCUT2D eigenvalue weighted by Crippen LogP contribution is -2.00. The van der Waals surface area contributed by atoms with Crippen LogP contribution in [-0.2, 0) is 0 Å². The molecule has 0 spiro atoms. The molecule has 0 radical (unpaired) electrons. The minimum atomic E-state index is -0.0893. The number of phenols is 1. The number of carbonyl (C=O) groups excluding carboxylic acids is 1. The Kier molecular flexibility index (Phi) is 2.93. The summed E-state index contributed by atoms with van der Waals surface area (Å²) in [5, 5.41) is 9.14. The molecule has 0 heterocycles. The molecule has 17 heavy (non-hydrogen) atoms. The molecule has 0 aliphatic carbocycles. The van der Waals surface area contributed by atoms with Gasteiger partial charge in [0.15, 0.2) is 5.78 Å². The molecule has 0 saturated carbocycles. The maximum absolute atomic E-state index is 12.0. The van der Waals surface area contributed by atoms with Gasteiger partial charge in [-0.05, 0) is 48.5 Å². The minimum Gasteiger partial charge on any atom is -0.508 e. The molecule has 0 atom stereocenters. The zero-order valence-electron chi connectivity index (χ0n) is 9.05. The minimum absolute atomic E-state index is 0.0893. The summed E-state index contributed by atoms with van der Waals surface area (Å²) >= 11 is 0. The van der Waals surface area contributed by atoms with Gasteiger partial charge in [-0.25, -0.2) is 0 Å². The van der Waals surface area contributed by atoms with E-state index < -0.39 is 0 Å². The van der Waals surface area contributed by atoms with E-state index in [1.165, 1.54) is 12.1 Å². The summed E-state index contributed by atoms with van der Waals surface area (Å²) in [5.74, 6) is 2.55. The van der Waals surface area contributed by atoms with Crippen molar-refractivity contribution in [3.05, 3.63) is 65.2 Å². The quantitative estimate of drug-likeness (QED) is 0.626. The third kappa shape index (κ3) is 2.35. The molecule has 0 aliphatic rings. The van der Waals surface area contributed by atoms with E-state index in [2.05, 4.69) is 5.92 Å². The van der Waals surface area contributed by atoms with Gasteiger partial charge in [0, 0.05) is 16.7 Å². The molecule has 2 aromatic carbocycles. The van der Waals surface area contributed by atoms with Crippen molar-refractivity contribution < 1.29 is 9.90 Å². The number of ketones is 1. The zero-order valence-corrected chi connectivity index (χ0v) is 9.05. The van der Waals surface area contributed by atoms with Crippen LogP contribution in [0.15, 0.2) is 48.5 Å². The van der Waals surface area contributed by atoms with Crippen LogP contribution in [0.25, 0.3) is 0 Å². The van der Waals surface area contributed by atoms with Crippen molar-refractivity contribution in [2.75, 3.05) is 0 Å². The number of rotatable bonds is 2. The highest BCUT2D eigenvalue weighted by Crippen LogP contribution is 2.14. The normalized spacial score (nSPS) is 9.59. The number of hydrogen-bond donors (Lipinski definition) is 1. The van der Waals surface area contributed by atoms with Gasteiger partial charge in [0.2, 0.25) is 0 Å². The molecule has 2 aromatic rings. The van der Waals surface area contributed by atoms with Crippen LogP contribution in [-0.4, -0.2) is 10.9 Å². The summed E-state index contributed by atoms with van der Waals surface area (Å²) in [4.78, 5) is 12.0. The lowest BCUT2D eigenvalue weighted by molar-refractivity contribution is 0.103. The molecule has 2 nitrogen and oxygen atoms in total. The molecular formula is C15H10O2. The van der Waals surface area contributed by atoms with Crippen molar-refractivity contribution in [2.45, 2.75) is 0 Å². The Morgan fingerprint density at radius 2 is 1.41 bits per heavy atom. The predicted octanol–water partition coefficient (Wildman–Crippen LogP) is 2.60. The molecule has 0 unspecified atom stereocenters. The molecular weight excluding hydrogens is 212 g/mol. The van der Waals surface area contributed by atoms with Crippen molar-refractivity contribution in [1.29, 1.82) is 0 Å². The largest absolute Gasteiger partial charge is 0.508 e. The summed E-state index contributed by atoms with van der Waals surface area (Å²) in [5.41, 5.74) is 1.86. The second kappa shape index (κ2) is 4.54. The van der Waals surface area contributed by atoms with Crippen LogP contribution < -0.4 is 0 Å². The SMILES string of the molecule is C#Cc1ccc(C(=O)c2ccc(O)cc2)cc1. The fraction of sp³-hybridized carbons (Fsp3) is 0. The van der Waals surface area contributed by atoms with Crippen molar-refractivity contribution in [3.63, 3.8) is 0 Å². The number of aromatic hydroxyl groups is 1. The first-order valence-electron chi connectivity index (χ1n) is 5.11. The second-order valence-corrected chi connectivity index (χ2v) is 3.60. The summed E-state index contributed by atoms with van der Waals surface area (Å²) in [6.07, 6.45) is 5.24. The van der Waals surface area contributed by atoms with Gasteiger partial charge in [0.1, 0.15) is 5.75 Å². The first kappa shape index (κ1) is 11.0. The zero-order chi connectivity index (χ0) is 12.3. The second-order valence-electron chi connectivity index (χ2n) is 3.60. The van der Waals surface area contributed by atoms with Gasteiger partial charge in [-0.3, -0.25) is 4.79 Å². The van der Waals surface area contributed by atoms with E-state index in [0.717, 1.165) is 5.56 Å². The van der Waals surface area contributed by atoms with Crippen LogP contribution in [0.5, 0.6) is 5.75 Å². The summed E-state index contributed by atoms with van der Waals surface area (Å²) in [6.45, 7) is 0. The van der Waals surface area contributed by atoms with Gasteiger partial charge >= 0.3 is 0 Å². The van der Waals surface area contributed by atoms with Crippen LogP contribution in [0.2, 0.25) is 0 Å². The Labute approximate surface area is 99.5 Å². The van der Waals surface area contributed by atoms with Crippen molar-refractivity contribution in [1.82, 2.24) is 0 Å². The maximum atomic E-state index is 12.0. The first-order chi connectivity index (χ1) is 8.20. The van der Waals surface area contributed by atoms with E-state index in [1.54, 1.807) is 36.4 Å². The molecule has 82 valence electrons. The Balaban J connectivity index is 2.31. The Morgan fingerprint density at radius 3 is 1.88 bits per heavy atom. The van der Waals surface area contributed by atoms with Crippen LogP contribution in [0, 0.1) is 12.3 Å². The molecule has 0 amide bonds. The van der Waals surface area contributed by atoms with Gasteiger partial charge < -0.3 is 5.11 Å². The van der Waals surface area contributed by atoms with Gasteiger partial charge in [-0.2, -0.15) is 0 Å². The third-order valence-corrected chi connectivity index (χ3v) is 2.44. The third-order valence-electron chi connectivity index (χ3n) is 2.44. The number of phenolic OH excluding ortho intramolecular Hbond substituents is 1. The number of hydrogen-bond acceptors (Lipinski definition) is 2. The molecule has 2 heteroatoms. The topological polar surface area (TPSA) is 37.3 Å². The van der Waals surface area contributed by atoms with Gasteiger partial charge in [0.05, 0.1) is 0 Å². The molecule has 2 rings (SSSR count). The fourth-order valence-electron chi connectivity index (χ4n) is 1.50. The number of benzene rings is 2. The van der Waals surface area contributed by atoms with Crippen LogP contribution in [0.1, 0.15) is 21.5 Å². The van der Waals surface area contributed by atoms with Crippen LogP contribution >= 0.6 is 0 Å². The predicted molar refractivity (Wildman–Crippen MR) is 65.9 cm³/mol. The maximum Gasteiger partial charge on any atom is 0.193 e. The van der Waals surface area contributed by atoms with Crippen molar-refractivity contribution >= 4 is 5.78 Å². The van der Waals surface area contributed by atoms with E-state index in [9.17, 15) is 4.79 Å². The van der Waals surface area contributed by atoms with E-state index in [0.29, 0.717) is 11.1 Å². The van der Waals surface area contributed by atoms with Gasteiger partial charge in [-0.15, -0.1) is 6.42 Å². The van der Waals surface area contributed by atoms with Gasteiger partial charge in [0.25, 0.3) is 0 Å². The Morgan fingerprint density at radius 1 is 0.941 bits per heavy atom. The van der Waals surface area contributed by atoms with E-state index in [4.69, 9.17) is 11.5 Å². The molecule has 0 fully saturated rings. The van der Waals surface area contributed by atoms with E-state index in [-0.39, 0.29) is 11.5 Å². The van der Waals surface area contributed by atoms with Gasteiger partial charge in [-0.1, -0.05) is 5.92 Å². The lowest BCUT2D eigenvalue weighted by atomic mass is 10.0. The fourth-order valence-corrected chi connectivity index (χ4v) is 1.50. The Hall–Kier alpha value is -2.53. The smallest absolute Gasteiger partial charge is 0.193 e. The standard InChI is InChI=1S/C15H10O2/c1-2-11-3-5-12(6-4-11)15(17)13-7-9-14(16)10-8-13/h1,3-10,16H. The Bertz CT molecular complexity index is 572. The molecule has 0 aliphatic heterocycles. The van der Waals surface area contributed by atoms with Crippen LogP contribution in [0.4, 0.5) is 0 Å². The van der Waals surface area contributed by atoms with Crippen molar-refractivity contribution in [3.8, 4) is 18.1 Å². The summed E-state index contributed by atoms with van der Waals surface area (Å²) < 4.78 is 0. The summed E-state index contributed by atoms with van der Waals surface area (Å²) in [7, 11) is 0. The summed E-state index contributed by atoms with van der Waals surface area (Å²) in [6, 6.07) is 13.0. The van der Waals surface area contributed by atoms with Crippen molar-refractivity contribution in [2.24, 2.45) is 0 Å². The lowest BCUT2D eigenvalue weighted by Gasteiger charge is -2.01. The highest BCUT2D eigenvalue weighted by atomic mass is 16.3. The molecule has 0 saturated heterocycles. The first-order valence-corrected chi connectivity index (χ1v) is 5.11. The highest BCUT2D eigenvalue weighted by Gasteiger charge is 2.08. The molecule has 1 N–H and O–H groups in total. The molecule has 0 aromatic heterocycles. The number of terminal acetylenes is 1. The average Bonchev–Trinajstić information content (AvgIpc) is 2.39. The monoisotopic (exact) mass is 222 g/mol. The molecule has 0 bridgehead atoms. The highest BCUT2D eigenvalue weighted by molar-refractivity contribution is 6.09. The van der Waals surface area contributed by atoms with Crippen LogP contribution in [0.3, 0.4) is 0 Å². The average molecular weight is 222 g/mol. The van der Waals surface area contributed by atoms with E-state index >= 15 is 0 Å².